The van der Waals surface area contributed by atoms with E-state index in [0.717, 1.165) is 29.7 Å². The van der Waals surface area contributed by atoms with Crippen LogP contribution in [-0.4, -0.2) is 34.6 Å². The third-order valence-electron chi connectivity index (χ3n) is 6.22. The lowest BCUT2D eigenvalue weighted by Crippen LogP contribution is -2.50. The van der Waals surface area contributed by atoms with E-state index in [-0.39, 0.29) is 17.9 Å². The first-order chi connectivity index (χ1) is 15.0. The molecule has 31 heavy (non-hydrogen) atoms. The Bertz CT molecular complexity index is 892. The fourth-order valence-electron chi connectivity index (χ4n) is 4.05. The highest BCUT2D eigenvalue weighted by Crippen LogP contribution is 2.21. The number of carbonyl (C=O) groups is 2. The van der Waals surface area contributed by atoms with Crippen LogP contribution < -0.4 is 5.32 Å². The summed E-state index contributed by atoms with van der Waals surface area (Å²) in [6.07, 6.45) is 4.41. The van der Waals surface area contributed by atoms with Crippen LogP contribution in [0.2, 0.25) is 0 Å². The normalized spacial score (nSPS) is 14.9. The molecule has 166 valence electrons. The number of hydrogen-bond donors (Lipinski definition) is 1. The average molecular weight is 439 g/mol. The molecule has 0 saturated heterocycles. The summed E-state index contributed by atoms with van der Waals surface area (Å²) >= 11 is 1.61. The number of benzene rings is 2. The van der Waals surface area contributed by atoms with Gasteiger partial charge in [-0.05, 0) is 55.9 Å². The molecule has 0 aromatic heterocycles. The van der Waals surface area contributed by atoms with Crippen molar-refractivity contribution < 1.29 is 9.59 Å². The van der Waals surface area contributed by atoms with Crippen LogP contribution >= 0.6 is 11.8 Å². The number of nitrogens with one attached hydrogen (secondary N) is 1. The summed E-state index contributed by atoms with van der Waals surface area (Å²) in [4.78, 5) is 27.9. The van der Waals surface area contributed by atoms with Crippen molar-refractivity contribution in [2.75, 3.05) is 5.75 Å². The van der Waals surface area contributed by atoms with Gasteiger partial charge in [0.2, 0.25) is 11.8 Å². The van der Waals surface area contributed by atoms with E-state index in [9.17, 15) is 9.59 Å². The summed E-state index contributed by atoms with van der Waals surface area (Å²) in [6, 6.07) is 16.1. The second-order valence-corrected chi connectivity index (χ2v) is 9.52. The monoisotopic (exact) mass is 438 g/mol. The van der Waals surface area contributed by atoms with Gasteiger partial charge in [-0.2, -0.15) is 0 Å². The molecule has 0 aliphatic heterocycles. The van der Waals surface area contributed by atoms with Crippen LogP contribution in [0.1, 0.15) is 54.9 Å². The molecule has 0 radical (unpaired) electrons. The summed E-state index contributed by atoms with van der Waals surface area (Å²) in [5.41, 5.74) is 4.71. The summed E-state index contributed by atoms with van der Waals surface area (Å²) in [7, 11) is 0. The molecule has 1 aliphatic rings. The van der Waals surface area contributed by atoms with E-state index < -0.39 is 6.04 Å². The van der Waals surface area contributed by atoms with Crippen LogP contribution in [0.5, 0.6) is 0 Å². The van der Waals surface area contributed by atoms with E-state index in [0.29, 0.717) is 12.3 Å². The van der Waals surface area contributed by atoms with Crippen molar-refractivity contribution in [1.29, 1.82) is 0 Å². The molecule has 0 heterocycles. The summed E-state index contributed by atoms with van der Waals surface area (Å²) in [5, 5.41) is 3.16. The zero-order valence-electron chi connectivity index (χ0n) is 18.9. The van der Waals surface area contributed by atoms with Crippen molar-refractivity contribution in [3.8, 4) is 0 Å². The van der Waals surface area contributed by atoms with Crippen molar-refractivity contribution in [2.24, 2.45) is 0 Å². The second kappa shape index (κ2) is 11.4. The molecule has 2 aromatic rings. The number of amides is 2. The Kier molecular flexibility index (Phi) is 8.59. The molecular weight excluding hydrogens is 404 g/mol. The lowest BCUT2D eigenvalue weighted by atomic mass is 10.1. The molecular formula is C26H34N2O2S. The summed E-state index contributed by atoms with van der Waals surface area (Å²) < 4.78 is 0. The minimum absolute atomic E-state index is 0.0101. The molecule has 1 saturated carbocycles. The first kappa shape index (κ1) is 23.4. The van der Waals surface area contributed by atoms with Crippen molar-refractivity contribution in [1.82, 2.24) is 10.2 Å². The maximum Gasteiger partial charge on any atom is 0.242 e. The van der Waals surface area contributed by atoms with Gasteiger partial charge in [0, 0.05) is 18.3 Å². The quantitative estimate of drug-likeness (QED) is 0.598. The molecule has 1 fully saturated rings. The highest BCUT2D eigenvalue weighted by molar-refractivity contribution is 7.99. The van der Waals surface area contributed by atoms with Crippen molar-refractivity contribution in [3.05, 3.63) is 70.8 Å². The van der Waals surface area contributed by atoms with Crippen molar-refractivity contribution in [3.63, 3.8) is 0 Å². The zero-order valence-corrected chi connectivity index (χ0v) is 19.7. The number of rotatable bonds is 9. The first-order valence-electron chi connectivity index (χ1n) is 11.2. The topological polar surface area (TPSA) is 49.4 Å². The van der Waals surface area contributed by atoms with Gasteiger partial charge in [-0.3, -0.25) is 9.59 Å². The second-order valence-electron chi connectivity index (χ2n) is 8.53. The standard InChI is InChI=1S/C26H34N2O2S/c1-19-10-4-6-12-22(19)16-28(21(3)26(30)27-24-14-8-9-15-24)25(29)18-31-17-23-13-7-5-11-20(23)2/h4-7,10-13,21,24H,8-9,14-18H2,1-3H3,(H,27,30). The van der Waals surface area contributed by atoms with Crippen LogP contribution in [0.15, 0.2) is 48.5 Å². The Balaban J connectivity index is 1.67. The minimum atomic E-state index is -0.494. The lowest BCUT2D eigenvalue weighted by Gasteiger charge is -2.30. The highest BCUT2D eigenvalue weighted by atomic mass is 32.2. The largest absolute Gasteiger partial charge is 0.352 e. The first-order valence-corrected chi connectivity index (χ1v) is 12.4. The Morgan fingerprint density at radius 1 is 1.00 bits per heavy atom. The van der Waals surface area contributed by atoms with Gasteiger partial charge in [0.1, 0.15) is 6.04 Å². The number of nitrogens with zero attached hydrogens (tertiary/aromatic N) is 1. The van der Waals surface area contributed by atoms with Crippen LogP contribution in [-0.2, 0) is 21.9 Å². The van der Waals surface area contributed by atoms with Crippen molar-refractivity contribution in [2.45, 2.75) is 70.8 Å². The Morgan fingerprint density at radius 2 is 1.58 bits per heavy atom. The van der Waals surface area contributed by atoms with Crippen LogP contribution in [0.4, 0.5) is 0 Å². The lowest BCUT2D eigenvalue weighted by molar-refractivity contribution is -0.139. The molecule has 0 bridgehead atoms. The van der Waals surface area contributed by atoms with Gasteiger partial charge in [0.15, 0.2) is 0 Å². The zero-order chi connectivity index (χ0) is 22.2. The SMILES string of the molecule is Cc1ccccc1CSCC(=O)N(Cc1ccccc1C)C(C)C(=O)NC1CCCC1. The molecule has 2 amide bonds. The van der Waals surface area contributed by atoms with Gasteiger partial charge in [0.25, 0.3) is 0 Å². The Hall–Kier alpha value is -2.27. The minimum Gasteiger partial charge on any atom is -0.352 e. The van der Waals surface area contributed by atoms with E-state index >= 15 is 0 Å². The molecule has 2 aromatic carbocycles. The summed E-state index contributed by atoms with van der Waals surface area (Å²) in [5.74, 6) is 1.12. The average Bonchev–Trinajstić information content (AvgIpc) is 3.27. The van der Waals surface area contributed by atoms with Gasteiger partial charge in [-0.1, -0.05) is 61.4 Å². The molecule has 1 N–H and O–H groups in total. The molecule has 3 rings (SSSR count). The van der Waals surface area contributed by atoms with Gasteiger partial charge in [0.05, 0.1) is 5.75 Å². The molecule has 1 unspecified atom stereocenters. The smallest absolute Gasteiger partial charge is 0.242 e. The van der Waals surface area contributed by atoms with E-state index in [1.165, 1.54) is 24.0 Å². The maximum absolute atomic E-state index is 13.2. The number of carbonyl (C=O) groups excluding carboxylic acids is 2. The fraction of sp³-hybridized carbons (Fsp3) is 0.462. The number of hydrogen-bond acceptors (Lipinski definition) is 3. The van der Waals surface area contributed by atoms with Crippen LogP contribution in [0.25, 0.3) is 0 Å². The summed E-state index contributed by atoms with van der Waals surface area (Å²) in [6.45, 7) is 6.45. The Morgan fingerprint density at radius 3 is 2.19 bits per heavy atom. The molecule has 5 heteroatoms. The van der Waals surface area contributed by atoms with Crippen LogP contribution in [0.3, 0.4) is 0 Å². The maximum atomic E-state index is 13.2. The van der Waals surface area contributed by atoms with Gasteiger partial charge in [-0.25, -0.2) is 0 Å². The van der Waals surface area contributed by atoms with Gasteiger partial charge in [-0.15, -0.1) is 11.8 Å². The van der Waals surface area contributed by atoms with E-state index in [4.69, 9.17) is 0 Å². The molecule has 1 aliphatic carbocycles. The third-order valence-corrected chi connectivity index (χ3v) is 7.18. The predicted octanol–water partition coefficient (Wildman–Crippen LogP) is 5.01. The third kappa shape index (κ3) is 6.60. The van der Waals surface area contributed by atoms with Crippen LogP contribution in [0, 0.1) is 13.8 Å². The molecule has 0 spiro atoms. The molecule has 1 atom stereocenters. The highest BCUT2D eigenvalue weighted by Gasteiger charge is 2.28. The van der Waals surface area contributed by atoms with E-state index in [1.54, 1.807) is 16.7 Å². The predicted molar refractivity (Wildman–Crippen MR) is 129 cm³/mol. The van der Waals surface area contributed by atoms with Gasteiger partial charge >= 0.3 is 0 Å². The fourth-order valence-corrected chi connectivity index (χ4v) is 5.04. The van der Waals surface area contributed by atoms with E-state index in [1.807, 2.05) is 50.2 Å². The number of thioether (sulfide) groups is 1. The van der Waals surface area contributed by atoms with Gasteiger partial charge < -0.3 is 10.2 Å². The van der Waals surface area contributed by atoms with E-state index in [2.05, 4.69) is 24.4 Å². The Labute approximate surface area is 190 Å². The molecule has 4 nitrogen and oxygen atoms in total. The number of aryl methyl sites for hydroxylation is 2. The van der Waals surface area contributed by atoms with Crippen molar-refractivity contribution >= 4 is 23.6 Å².